The summed E-state index contributed by atoms with van der Waals surface area (Å²) >= 11 is 6.15. The van der Waals surface area contributed by atoms with E-state index in [9.17, 15) is 19.2 Å². The number of barbiturate groups is 1. The van der Waals surface area contributed by atoms with Gasteiger partial charge in [-0.25, -0.2) is 9.59 Å². The zero-order valence-corrected chi connectivity index (χ0v) is 16.4. The average Bonchev–Trinajstić information content (AvgIpc) is 3.40. The Morgan fingerprint density at radius 2 is 1.97 bits per heavy atom. The molecule has 0 radical (unpaired) electrons. The van der Waals surface area contributed by atoms with E-state index in [4.69, 9.17) is 25.5 Å². The van der Waals surface area contributed by atoms with Gasteiger partial charge in [0.15, 0.2) is 0 Å². The second-order valence-electron chi connectivity index (χ2n) is 6.49. The van der Waals surface area contributed by atoms with E-state index in [0.717, 1.165) is 4.90 Å². The van der Waals surface area contributed by atoms with Crippen molar-refractivity contribution in [2.24, 2.45) is 0 Å². The topological polar surface area (TPSA) is 130 Å². The molecule has 4 rings (SSSR count). The van der Waals surface area contributed by atoms with Crippen molar-refractivity contribution in [1.29, 1.82) is 0 Å². The molecule has 1 fully saturated rings. The first-order valence-corrected chi connectivity index (χ1v) is 9.25. The quantitative estimate of drug-likeness (QED) is 0.458. The number of benzene rings is 1. The largest absolute Gasteiger partial charge is 0.478 e. The van der Waals surface area contributed by atoms with Crippen LogP contribution in [0.4, 0.5) is 4.79 Å². The lowest BCUT2D eigenvalue weighted by molar-refractivity contribution is -0.130. The van der Waals surface area contributed by atoms with E-state index >= 15 is 0 Å². The van der Waals surface area contributed by atoms with Gasteiger partial charge in [0.2, 0.25) is 0 Å². The third kappa shape index (κ3) is 3.99. The minimum Gasteiger partial charge on any atom is -0.478 e. The van der Waals surface area contributed by atoms with Crippen LogP contribution in [-0.4, -0.2) is 33.8 Å². The van der Waals surface area contributed by atoms with Crippen LogP contribution in [0.2, 0.25) is 5.02 Å². The van der Waals surface area contributed by atoms with Gasteiger partial charge < -0.3 is 13.9 Å². The Labute approximate surface area is 179 Å². The molecule has 1 aromatic carbocycles. The van der Waals surface area contributed by atoms with E-state index in [1.54, 1.807) is 12.1 Å². The Morgan fingerprint density at radius 3 is 2.68 bits per heavy atom. The molecule has 4 amide bonds. The lowest BCUT2D eigenvalue weighted by Gasteiger charge is -2.25. The Bertz CT molecular complexity index is 1240. The number of halogens is 1. The van der Waals surface area contributed by atoms with Gasteiger partial charge in [-0.3, -0.25) is 19.8 Å². The van der Waals surface area contributed by atoms with E-state index in [-0.39, 0.29) is 34.2 Å². The predicted octanol–water partition coefficient (Wildman–Crippen LogP) is 3.55. The van der Waals surface area contributed by atoms with Crippen LogP contribution >= 0.6 is 11.6 Å². The van der Waals surface area contributed by atoms with Crippen molar-refractivity contribution in [2.45, 2.75) is 6.54 Å². The normalized spacial score (nSPS) is 15.5. The van der Waals surface area contributed by atoms with Crippen molar-refractivity contribution >= 4 is 41.5 Å². The summed E-state index contributed by atoms with van der Waals surface area (Å²) in [6, 6.07) is 9.49. The zero-order chi connectivity index (χ0) is 22.1. The fourth-order valence-corrected chi connectivity index (χ4v) is 3.17. The molecular formula is C21H13ClN2O7. The SMILES string of the molecule is O=C1NC(=O)N(Cc2ccco2)C(=O)C1=Cc1ccc(-c2cc(C(=O)O)ccc2Cl)o1. The van der Waals surface area contributed by atoms with Gasteiger partial charge >= 0.3 is 12.0 Å². The van der Waals surface area contributed by atoms with Gasteiger partial charge in [-0.05, 0) is 48.5 Å². The minimum atomic E-state index is -1.13. The second-order valence-corrected chi connectivity index (χ2v) is 6.90. The number of carbonyl (C=O) groups excluding carboxylic acids is 3. The molecule has 0 bridgehead atoms. The summed E-state index contributed by atoms with van der Waals surface area (Å²) in [5.41, 5.74) is 0.0438. The van der Waals surface area contributed by atoms with Crippen LogP contribution in [-0.2, 0) is 16.1 Å². The summed E-state index contributed by atoms with van der Waals surface area (Å²) in [5.74, 6) is -2.06. The van der Waals surface area contributed by atoms with Gasteiger partial charge in [0.25, 0.3) is 11.8 Å². The summed E-state index contributed by atoms with van der Waals surface area (Å²) < 4.78 is 10.8. The highest BCUT2D eigenvalue weighted by Gasteiger charge is 2.36. The zero-order valence-electron chi connectivity index (χ0n) is 15.6. The number of urea groups is 1. The maximum Gasteiger partial charge on any atom is 0.335 e. The first-order chi connectivity index (χ1) is 14.8. The van der Waals surface area contributed by atoms with Gasteiger partial charge in [-0.2, -0.15) is 0 Å². The van der Waals surface area contributed by atoms with Gasteiger partial charge in [-0.15, -0.1) is 0 Å². The van der Waals surface area contributed by atoms with Crippen molar-refractivity contribution in [3.63, 3.8) is 0 Å². The third-order valence-electron chi connectivity index (χ3n) is 4.47. The lowest BCUT2D eigenvalue weighted by Crippen LogP contribution is -2.53. The number of amides is 4. The van der Waals surface area contributed by atoms with Gasteiger partial charge in [0.1, 0.15) is 22.9 Å². The molecule has 156 valence electrons. The van der Waals surface area contributed by atoms with E-state index in [0.29, 0.717) is 11.3 Å². The number of carboxylic acids is 1. The van der Waals surface area contributed by atoms with Crippen molar-refractivity contribution in [1.82, 2.24) is 10.2 Å². The standard InChI is InChI=1S/C21H13ClN2O7/c22-16-5-3-11(20(27)28)8-14(16)17-6-4-12(31-17)9-15-18(25)23-21(29)24(19(15)26)10-13-2-1-7-30-13/h1-9H,10H2,(H,27,28)(H,23,25,29). The number of rotatable bonds is 5. The Hall–Kier alpha value is -4.11. The van der Waals surface area contributed by atoms with E-state index in [1.807, 2.05) is 0 Å². The number of furan rings is 2. The summed E-state index contributed by atoms with van der Waals surface area (Å²) in [6.45, 7) is -0.150. The summed E-state index contributed by atoms with van der Waals surface area (Å²) in [4.78, 5) is 49.1. The maximum absolute atomic E-state index is 12.7. The van der Waals surface area contributed by atoms with Crippen molar-refractivity contribution in [3.8, 4) is 11.3 Å². The molecule has 0 aliphatic carbocycles. The molecule has 2 N–H and O–H groups in total. The third-order valence-corrected chi connectivity index (χ3v) is 4.80. The minimum absolute atomic E-state index is 0.0182. The van der Waals surface area contributed by atoms with Crippen LogP contribution in [0.25, 0.3) is 17.4 Å². The van der Waals surface area contributed by atoms with Crippen molar-refractivity contribution in [3.05, 3.63) is 76.4 Å². The van der Waals surface area contributed by atoms with E-state index in [1.165, 1.54) is 42.7 Å². The Morgan fingerprint density at radius 1 is 1.16 bits per heavy atom. The van der Waals surface area contributed by atoms with Gasteiger partial charge in [-0.1, -0.05) is 11.6 Å². The van der Waals surface area contributed by atoms with E-state index in [2.05, 4.69) is 5.32 Å². The molecule has 1 aliphatic rings. The van der Waals surface area contributed by atoms with Crippen LogP contribution in [0, 0.1) is 0 Å². The fourth-order valence-electron chi connectivity index (χ4n) is 2.96. The van der Waals surface area contributed by atoms with Gasteiger partial charge in [0.05, 0.1) is 23.4 Å². The predicted molar refractivity (Wildman–Crippen MR) is 107 cm³/mol. The van der Waals surface area contributed by atoms with Crippen molar-refractivity contribution < 1.29 is 33.1 Å². The molecule has 1 saturated heterocycles. The number of imide groups is 2. The summed E-state index contributed by atoms with van der Waals surface area (Å²) in [6.07, 6.45) is 2.59. The summed E-state index contributed by atoms with van der Waals surface area (Å²) in [7, 11) is 0. The number of aromatic carboxylic acids is 1. The maximum atomic E-state index is 12.7. The van der Waals surface area contributed by atoms with Crippen LogP contribution in [0.15, 0.2) is 63.1 Å². The molecule has 3 heterocycles. The number of carboxylic acid groups (broad SMARTS) is 1. The van der Waals surface area contributed by atoms with Crippen LogP contribution in [0.3, 0.4) is 0 Å². The number of nitrogens with zero attached hydrogens (tertiary/aromatic N) is 1. The van der Waals surface area contributed by atoms with Crippen LogP contribution < -0.4 is 5.32 Å². The molecule has 3 aromatic rings. The van der Waals surface area contributed by atoms with Crippen LogP contribution in [0.1, 0.15) is 21.9 Å². The highest BCUT2D eigenvalue weighted by molar-refractivity contribution is 6.33. The second kappa shape index (κ2) is 7.96. The number of hydrogen-bond acceptors (Lipinski definition) is 6. The summed E-state index contributed by atoms with van der Waals surface area (Å²) in [5, 5.41) is 11.5. The molecule has 10 heteroatoms. The lowest BCUT2D eigenvalue weighted by atomic mass is 10.1. The molecule has 9 nitrogen and oxygen atoms in total. The smallest absolute Gasteiger partial charge is 0.335 e. The molecule has 0 unspecified atom stereocenters. The highest BCUT2D eigenvalue weighted by Crippen LogP contribution is 2.31. The molecule has 1 aliphatic heterocycles. The average molecular weight is 441 g/mol. The fraction of sp³-hybridized carbons (Fsp3) is 0.0476. The first-order valence-electron chi connectivity index (χ1n) is 8.88. The highest BCUT2D eigenvalue weighted by atomic mass is 35.5. The molecule has 0 saturated carbocycles. The molecule has 2 aromatic heterocycles. The molecular weight excluding hydrogens is 428 g/mol. The van der Waals surface area contributed by atoms with Gasteiger partial charge in [0, 0.05) is 5.56 Å². The van der Waals surface area contributed by atoms with Crippen LogP contribution in [0.5, 0.6) is 0 Å². The molecule has 0 atom stereocenters. The molecule has 0 spiro atoms. The van der Waals surface area contributed by atoms with Crippen molar-refractivity contribution in [2.75, 3.05) is 0 Å². The number of hydrogen-bond donors (Lipinski definition) is 2. The van der Waals surface area contributed by atoms with E-state index < -0.39 is 23.8 Å². The Balaban J connectivity index is 1.64. The Kier molecular flexibility index (Phi) is 5.18. The first kappa shape index (κ1) is 20.2. The molecule has 31 heavy (non-hydrogen) atoms. The number of nitrogens with one attached hydrogen (secondary N) is 1. The number of carbonyl (C=O) groups is 4. The monoisotopic (exact) mass is 440 g/mol.